The summed E-state index contributed by atoms with van der Waals surface area (Å²) < 4.78 is 0. The number of benzene rings is 1. The zero-order valence-electron chi connectivity index (χ0n) is 12.8. The van der Waals surface area contributed by atoms with Gasteiger partial charge >= 0.3 is 0 Å². The highest BCUT2D eigenvalue weighted by atomic mass is 16.2. The van der Waals surface area contributed by atoms with Crippen LogP contribution in [-0.2, 0) is 11.3 Å². The lowest BCUT2D eigenvalue weighted by molar-refractivity contribution is -0.122. The molecule has 0 saturated carbocycles. The van der Waals surface area contributed by atoms with E-state index < -0.39 is 5.92 Å². The molecule has 0 radical (unpaired) electrons. The molecule has 1 aromatic carbocycles. The van der Waals surface area contributed by atoms with E-state index in [4.69, 9.17) is 0 Å². The van der Waals surface area contributed by atoms with Gasteiger partial charge in [-0.1, -0.05) is 18.2 Å². The van der Waals surface area contributed by atoms with E-state index in [1.165, 1.54) is 0 Å². The molecular formula is C15H16N6O2. The number of hydrogen-bond acceptors (Lipinski definition) is 5. The van der Waals surface area contributed by atoms with Crippen LogP contribution in [-0.4, -0.2) is 31.3 Å². The second-order valence-electron chi connectivity index (χ2n) is 5.26. The molecule has 0 bridgehead atoms. The van der Waals surface area contributed by atoms with Crippen molar-refractivity contribution in [3.05, 3.63) is 52.0 Å². The van der Waals surface area contributed by atoms with Crippen LogP contribution >= 0.6 is 0 Å². The quantitative estimate of drug-likeness (QED) is 0.658. The highest BCUT2D eigenvalue weighted by molar-refractivity contribution is 5.90. The fraction of sp³-hybridized carbons (Fsp3) is 0.267. The van der Waals surface area contributed by atoms with Crippen molar-refractivity contribution < 1.29 is 4.79 Å². The minimum Gasteiger partial charge on any atom is -0.348 e. The van der Waals surface area contributed by atoms with Gasteiger partial charge in [-0.15, -0.1) is 0 Å². The molecule has 0 aliphatic carbocycles. The summed E-state index contributed by atoms with van der Waals surface area (Å²) in [6, 6.07) is 7.08. The summed E-state index contributed by atoms with van der Waals surface area (Å²) in [4.78, 5) is 28.3. The second-order valence-corrected chi connectivity index (χ2v) is 5.26. The smallest absolute Gasteiger partial charge is 0.272 e. The molecule has 3 rings (SSSR count). The van der Waals surface area contributed by atoms with Gasteiger partial charge in [-0.3, -0.25) is 14.7 Å². The van der Waals surface area contributed by atoms with Crippen molar-refractivity contribution in [2.75, 3.05) is 0 Å². The molecule has 2 heterocycles. The summed E-state index contributed by atoms with van der Waals surface area (Å²) in [5, 5.41) is 17.1. The van der Waals surface area contributed by atoms with Gasteiger partial charge < -0.3 is 5.32 Å². The molecule has 8 heteroatoms. The topological polar surface area (TPSA) is 116 Å². The fourth-order valence-corrected chi connectivity index (χ4v) is 2.38. The van der Waals surface area contributed by atoms with Crippen LogP contribution in [0.5, 0.6) is 0 Å². The maximum atomic E-state index is 12.3. The molecule has 0 saturated heterocycles. The Morgan fingerprint density at radius 2 is 1.96 bits per heavy atom. The van der Waals surface area contributed by atoms with E-state index in [1.807, 2.05) is 6.07 Å². The third kappa shape index (κ3) is 2.96. The van der Waals surface area contributed by atoms with E-state index in [0.29, 0.717) is 28.1 Å². The first-order chi connectivity index (χ1) is 11.1. The Balaban J connectivity index is 1.82. The number of rotatable bonds is 4. The van der Waals surface area contributed by atoms with Gasteiger partial charge in [-0.25, -0.2) is 10.1 Å². The molecule has 2 aromatic heterocycles. The molecule has 0 spiro atoms. The molecule has 0 unspecified atom stereocenters. The molecule has 0 aliphatic rings. The number of amides is 1. The Labute approximate surface area is 131 Å². The molecular weight excluding hydrogens is 296 g/mol. The van der Waals surface area contributed by atoms with Crippen molar-refractivity contribution in [2.45, 2.75) is 26.3 Å². The molecule has 1 amide bonds. The summed E-state index contributed by atoms with van der Waals surface area (Å²) in [6.07, 6.45) is 0. The number of aryl methyl sites for hydroxylation is 1. The first kappa shape index (κ1) is 14.9. The van der Waals surface area contributed by atoms with Crippen LogP contribution in [0.3, 0.4) is 0 Å². The van der Waals surface area contributed by atoms with E-state index >= 15 is 0 Å². The number of carbonyl (C=O) groups is 1. The lowest BCUT2D eigenvalue weighted by Gasteiger charge is -2.12. The Kier molecular flexibility index (Phi) is 3.88. The van der Waals surface area contributed by atoms with Gasteiger partial charge in [0.2, 0.25) is 5.91 Å². The zero-order chi connectivity index (χ0) is 16.4. The van der Waals surface area contributed by atoms with Gasteiger partial charge in [-0.05, 0) is 19.9 Å². The SMILES string of the molecule is Cc1nc(CNC(=O)[C@H](C)c2n[nH]c(=O)c3ccccc23)n[nH]1. The summed E-state index contributed by atoms with van der Waals surface area (Å²) in [5.41, 5.74) is 0.261. The Morgan fingerprint density at radius 3 is 2.65 bits per heavy atom. The number of nitrogens with one attached hydrogen (secondary N) is 3. The van der Waals surface area contributed by atoms with Gasteiger partial charge in [-0.2, -0.15) is 10.2 Å². The summed E-state index contributed by atoms with van der Waals surface area (Å²) in [6.45, 7) is 3.76. The predicted molar refractivity (Wildman–Crippen MR) is 83.7 cm³/mol. The molecule has 0 aliphatic heterocycles. The first-order valence-electron chi connectivity index (χ1n) is 7.19. The molecule has 23 heavy (non-hydrogen) atoms. The van der Waals surface area contributed by atoms with E-state index in [0.717, 1.165) is 0 Å². The molecule has 3 N–H and O–H groups in total. The number of hydrogen-bond donors (Lipinski definition) is 3. The Morgan fingerprint density at radius 1 is 1.22 bits per heavy atom. The first-order valence-corrected chi connectivity index (χ1v) is 7.19. The molecule has 1 atom stereocenters. The lowest BCUT2D eigenvalue weighted by Crippen LogP contribution is -2.29. The van der Waals surface area contributed by atoms with E-state index in [2.05, 4.69) is 30.7 Å². The molecule has 0 fully saturated rings. The average Bonchev–Trinajstić information content (AvgIpc) is 2.98. The van der Waals surface area contributed by atoms with Crippen molar-refractivity contribution in [1.82, 2.24) is 30.7 Å². The van der Waals surface area contributed by atoms with Crippen LogP contribution in [0.2, 0.25) is 0 Å². The maximum absolute atomic E-state index is 12.3. The normalized spacial score (nSPS) is 12.3. The van der Waals surface area contributed by atoms with Crippen molar-refractivity contribution in [3.63, 3.8) is 0 Å². The van der Waals surface area contributed by atoms with Crippen molar-refractivity contribution in [3.8, 4) is 0 Å². The third-order valence-corrected chi connectivity index (χ3v) is 3.59. The van der Waals surface area contributed by atoms with Crippen LogP contribution in [0.4, 0.5) is 0 Å². The zero-order valence-corrected chi connectivity index (χ0v) is 12.8. The number of nitrogens with zero attached hydrogens (tertiary/aromatic N) is 3. The Bertz CT molecular complexity index is 913. The molecule has 3 aromatic rings. The lowest BCUT2D eigenvalue weighted by atomic mass is 10.0. The number of aromatic amines is 2. The number of carbonyl (C=O) groups excluding carboxylic acids is 1. The predicted octanol–water partition coefficient (Wildman–Crippen LogP) is 0.770. The fourth-order valence-electron chi connectivity index (χ4n) is 2.38. The number of fused-ring (bicyclic) bond motifs is 1. The minimum atomic E-state index is -0.517. The standard InChI is InChI=1S/C15H16N6O2/c1-8(14(22)16-7-12-17-9(2)18-19-12)13-10-5-3-4-6-11(10)15(23)21-20-13/h3-6,8H,7H2,1-2H3,(H,16,22)(H,21,23)(H,17,18,19)/t8-/m1/s1. The maximum Gasteiger partial charge on any atom is 0.272 e. The highest BCUT2D eigenvalue weighted by Crippen LogP contribution is 2.20. The monoisotopic (exact) mass is 312 g/mol. The average molecular weight is 312 g/mol. The van der Waals surface area contributed by atoms with Crippen molar-refractivity contribution >= 4 is 16.7 Å². The summed E-state index contributed by atoms with van der Waals surface area (Å²) >= 11 is 0. The van der Waals surface area contributed by atoms with E-state index in [1.54, 1.807) is 32.0 Å². The van der Waals surface area contributed by atoms with Gasteiger partial charge in [0.15, 0.2) is 5.82 Å². The van der Waals surface area contributed by atoms with Crippen molar-refractivity contribution in [1.29, 1.82) is 0 Å². The van der Waals surface area contributed by atoms with Gasteiger partial charge in [0.1, 0.15) is 5.82 Å². The minimum absolute atomic E-state index is 0.211. The summed E-state index contributed by atoms with van der Waals surface area (Å²) in [7, 11) is 0. The second kappa shape index (κ2) is 5.99. The largest absolute Gasteiger partial charge is 0.348 e. The van der Waals surface area contributed by atoms with E-state index in [-0.39, 0.29) is 18.0 Å². The van der Waals surface area contributed by atoms with Crippen LogP contribution < -0.4 is 10.9 Å². The van der Waals surface area contributed by atoms with Crippen LogP contribution in [0.25, 0.3) is 10.8 Å². The van der Waals surface area contributed by atoms with Gasteiger partial charge in [0, 0.05) is 5.39 Å². The Hall–Kier alpha value is -3.03. The van der Waals surface area contributed by atoms with Crippen LogP contribution in [0.1, 0.15) is 30.2 Å². The number of H-pyrrole nitrogens is 2. The third-order valence-electron chi connectivity index (χ3n) is 3.59. The molecule has 8 nitrogen and oxygen atoms in total. The molecule has 118 valence electrons. The summed E-state index contributed by atoms with van der Waals surface area (Å²) in [5.74, 6) is 0.479. The van der Waals surface area contributed by atoms with Gasteiger partial charge in [0.25, 0.3) is 5.56 Å². The van der Waals surface area contributed by atoms with Crippen LogP contribution in [0.15, 0.2) is 29.1 Å². The van der Waals surface area contributed by atoms with Gasteiger partial charge in [0.05, 0.1) is 23.5 Å². The van der Waals surface area contributed by atoms with Crippen LogP contribution in [0, 0.1) is 6.92 Å². The van der Waals surface area contributed by atoms with E-state index in [9.17, 15) is 9.59 Å². The highest BCUT2D eigenvalue weighted by Gasteiger charge is 2.20. The number of aromatic nitrogens is 5. The van der Waals surface area contributed by atoms with Crippen molar-refractivity contribution in [2.24, 2.45) is 0 Å².